The molecule has 2 rings (SSSR count). The summed E-state index contributed by atoms with van der Waals surface area (Å²) in [5, 5.41) is 0.121. The minimum absolute atomic E-state index is 0.121. The fourth-order valence-corrected chi connectivity index (χ4v) is 2.80. The molecule has 0 amide bonds. The third-order valence-electron chi connectivity index (χ3n) is 3.64. The Morgan fingerprint density at radius 2 is 1.70 bits per heavy atom. The molecule has 0 radical (unpaired) electrons. The predicted octanol–water partition coefficient (Wildman–Crippen LogP) is 4.65. The summed E-state index contributed by atoms with van der Waals surface area (Å²) in [6.07, 6.45) is 0.722. The summed E-state index contributed by atoms with van der Waals surface area (Å²) in [6.45, 7) is 6.28. The molecular formula is C17H19ClFN. The van der Waals surface area contributed by atoms with Crippen molar-refractivity contribution in [1.82, 2.24) is 0 Å². The van der Waals surface area contributed by atoms with Gasteiger partial charge in [0.2, 0.25) is 0 Å². The summed E-state index contributed by atoms with van der Waals surface area (Å²) < 4.78 is 13.2. The zero-order valence-electron chi connectivity index (χ0n) is 12.0. The molecule has 1 atom stereocenters. The highest BCUT2D eigenvalue weighted by Gasteiger charge is 2.13. The van der Waals surface area contributed by atoms with E-state index in [4.69, 9.17) is 17.3 Å². The van der Waals surface area contributed by atoms with E-state index in [1.54, 1.807) is 12.1 Å². The summed E-state index contributed by atoms with van der Waals surface area (Å²) in [6, 6.07) is 8.81. The second kappa shape index (κ2) is 5.94. The molecule has 0 bridgehead atoms. The van der Waals surface area contributed by atoms with E-state index in [0.717, 1.165) is 12.0 Å². The van der Waals surface area contributed by atoms with Crippen LogP contribution in [0.3, 0.4) is 0 Å². The van der Waals surface area contributed by atoms with Gasteiger partial charge in [-0.05, 0) is 61.6 Å². The average Bonchev–Trinajstić information content (AvgIpc) is 2.36. The van der Waals surface area contributed by atoms with Crippen molar-refractivity contribution in [2.45, 2.75) is 33.2 Å². The molecule has 20 heavy (non-hydrogen) atoms. The molecule has 0 fully saturated rings. The summed E-state index contributed by atoms with van der Waals surface area (Å²) in [5.74, 6) is -0.412. The van der Waals surface area contributed by atoms with E-state index in [0.29, 0.717) is 0 Å². The fourth-order valence-electron chi connectivity index (χ4n) is 2.61. The van der Waals surface area contributed by atoms with E-state index >= 15 is 0 Å². The summed E-state index contributed by atoms with van der Waals surface area (Å²) >= 11 is 5.81. The lowest BCUT2D eigenvalue weighted by Crippen LogP contribution is -2.15. The monoisotopic (exact) mass is 291 g/mol. The molecule has 2 N–H and O–H groups in total. The minimum atomic E-state index is -0.412. The molecule has 0 aliphatic carbocycles. The highest BCUT2D eigenvalue weighted by atomic mass is 35.5. The Kier molecular flexibility index (Phi) is 4.46. The van der Waals surface area contributed by atoms with Crippen molar-refractivity contribution in [3.63, 3.8) is 0 Å². The number of nitrogens with two attached hydrogens (primary N) is 1. The van der Waals surface area contributed by atoms with Crippen molar-refractivity contribution in [2.75, 3.05) is 0 Å². The van der Waals surface area contributed by atoms with Gasteiger partial charge >= 0.3 is 0 Å². The van der Waals surface area contributed by atoms with Crippen LogP contribution in [0.25, 0.3) is 0 Å². The van der Waals surface area contributed by atoms with Gasteiger partial charge in [-0.3, -0.25) is 0 Å². The van der Waals surface area contributed by atoms with E-state index in [1.165, 1.54) is 28.3 Å². The maximum atomic E-state index is 13.2. The molecule has 3 heteroatoms. The van der Waals surface area contributed by atoms with Crippen LogP contribution in [0.5, 0.6) is 0 Å². The smallest absolute Gasteiger partial charge is 0.141 e. The lowest BCUT2D eigenvalue weighted by atomic mass is 9.92. The maximum Gasteiger partial charge on any atom is 0.141 e. The zero-order chi connectivity index (χ0) is 14.9. The van der Waals surface area contributed by atoms with Gasteiger partial charge in [0.05, 0.1) is 5.02 Å². The number of rotatable bonds is 3. The van der Waals surface area contributed by atoms with Crippen molar-refractivity contribution in [3.8, 4) is 0 Å². The van der Waals surface area contributed by atoms with Crippen LogP contribution in [0, 0.1) is 26.6 Å². The Morgan fingerprint density at radius 3 is 2.25 bits per heavy atom. The first kappa shape index (κ1) is 15.0. The predicted molar refractivity (Wildman–Crippen MR) is 82.7 cm³/mol. The molecule has 0 aromatic heterocycles. The minimum Gasteiger partial charge on any atom is -0.324 e. The normalized spacial score (nSPS) is 12.5. The maximum absolute atomic E-state index is 13.2. The molecule has 0 spiro atoms. The number of benzene rings is 2. The summed E-state index contributed by atoms with van der Waals surface area (Å²) in [5.41, 5.74) is 12.1. The van der Waals surface area contributed by atoms with Crippen LogP contribution in [0.1, 0.15) is 33.9 Å². The number of halogens is 2. The molecule has 2 aromatic rings. The van der Waals surface area contributed by atoms with Crippen molar-refractivity contribution in [2.24, 2.45) is 5.73 Å². The molecule has 0 aliphatic rings. The van der Waals surface area contributed by atoms with E-state index in [2.05, 4.69) is 32.9 Å². The van der Waals surface area contributed by atoms with Crippen LogP contribution >= 0.6 is 11.6 Å². The molecule has 1 nitrogen and oxygen atoms in total. The molecule has 0 heterocycles. The van der Waals surface area contributed by atoms with Crippen molar-refractivity contribution in [3.05, 3.63) is 69.0 Å². The van der Waals surface area contributed by atoms with E-state index in [9.17, 15) is 4.39 Å². The third-order valence-corrected chi connectivity index (χ3v) is 3.93. The van der Waals surface area contributed by atoms with Crippen LogP contribution in [-0.4, -0.2) is 0 Å². The summed E-state index contributed by atoms with van der Waals surface area (Å²) in [7, 11) is 0. The molecule has 0 aliphatic heterocycles. The van der Waals surface area contributed by atoms with Gasteiger partial charge in [-0.25, -0.2) is 4.39 Å². The van der Waals surface area contributed by atoms with Gasteiger partial charge in [0.25, 0.3) is 0 Å². The quantitative estimate of drug-likeness (QED) is 0.875. The second-order valence-electron chi connectivity index (χ2n) is 5.36. The van der Waals surface area contributed by atoms with Crippen LogP contribution in [0.4, 0.5) is 4.39 Å². The van der Waals surface area contributed by atoms with Gasteiger partial charge < -0.3 is 5.73 Å². The van der Waals surface area contributed by atoms with E-state index in [1.807, 2.05) is 0 Å². The van der Waals surface area contributed by atoms with E-state index < -0.39 is 5.82 Å². The molecule has 106 valence electrons. The SMILES string of the molecule is Cc1cc(C)c(CC(N)c2ccc(F)c(Cl)c2)c(C)c1. The molecule has 0 saturated heterocycles. The third kappa shape index (κ3) is 3.20. The Bertz CT molecular complexity index is 614. The Balaban J connectivity index is 2.27. The fraction of sp³-hybridized carbons (Fsp3) is 0.294. The van der Waals surface area contributed by atoms with Gasteiger partial charge in [0, 0.05) is 6.04 Å². The lowest BCUT2D eigenvalue weighted by molar-refractivity contribution is 0.624. The highest BCUT2D eigenvalue weighted by molar-refractivity contribution is 6.30. The van der Waals surface area contributed by atoms with Gasteiger partial charge in [0.1, 0.15) is 5.82 Å². The average molecular weight is 292 g/mol. The van der Waals surface area contributed by atoms with Crippen LogP contribution in [-0.2, 0) is 6.42 Å². The van der Waals surface area contributed by atoms with Crippen LogP contribution < -0.4 is 5.73 Å². The van der Waals surface area contributed by atoms with Gasteiger partial charge in [-0.1, -0.05) is 35.4 Å². The largest absolute Gasteiger partial charge is 0.324 e. The van der Waals surface area contributed by atoms with E-state index in [-0.39, 0.29) is 11.1 Å². The molecule has 1 unspecified atom stereocenters. The van der Waals surface area contributed by atoms with Crippen molar-refractivity contribution in [1.29, 1.82) is 0 Å². The first-order chi connectivity index (χ1) is 9.38. The van der Waals surface area contributed by atoms with Crippen LogP contribution in [0.15, 0.2) is 30.3 Å². The van der Waals surface area contributed by atoms with Crippen LogP contribution in [0.2, 0.25) is 5.02 Å². The Hall–Kier alpha value is -1.38. The highest BCUT2D eigenvalue weighted by Crippen LogP contribution is 2.25. The summed E-state index contributed by atoms with van der Waals surface area (Å²) in [4.78, 5) is 0. The Morgan fingerprint density at radius 1 is 1.10 bits per heavy atom. The van der Waals surface area contributed by atoms with Gasteiger partial charge in [0.15, 0.2) is 0 Å². The standard InChI is InChI=1S/C17H19ClFN/c1-10-6-11(2)14(12(3)7-10)9-17(20)13-4-5-16(19)15(18)8-13/h4-8,17H,9,20H2,1-3H3. The molecule has 0 saturated carbocycles. The number of hydrogen-bond donors (Lipinski definition) is 1. The first-order valence-corrected chi connectivity index (χ1v) is 7.03. The first-order valence-electron chi connectivity index (χ1n) is 6.65. The second-order valence-corrected chi connectivity index (χ2v) is 5.77. The lowest BCUT2D eigenvalue weighted by Gasteiger charge is -2.17. The molecular weight excluding hydrogens is 273 g/mol. The number of hydrogen-bond acceptors (Lipinski definition) is 1. The number of aryl methyl sites for hydroxylation is 3. The van der Waals surface area contributed by atoms with Gasteiger partial charge in [-0.2, -0.15) is 0 Å². The topological polar surface area (TPSA) is 26.0 Å². The van der Waals surface area contributed by atoms with Crippen molar-refractivity contribution < 1.29 is 4.39 Å². The van der Waals surface area contributed by atoms with Crippen molar-refractivity contribution >= 4 is 11.6 Å². The van der Waals surface area contributed by atoms with Gasteiger partial charge in [-0.15, -0.1) is 0 Å². The zero-order valence-corrected chi connectivity index (χ0v) is 12.8. The molecule has 2 aromatic carbocycles. The Labute approximate surface area is 124 Å².